The summed E-state index contributed by atoms with van der Waals surface area (Å²) in [5.41, 5.74) is 2.74. The van der Waals surface area contributed by atoms with Gasteiger partial charge in [-0.25, -0.2) is 0 Å². The Kier molecular flexibility index (Phi) is 8.00. The van der Waals surface area contributed by atoms with Crippen molar-refractivity contribution in [3.8, 4) is 17.6 Å². The van der Waals surface area contributed by atoms with Gasteiger partial charge in [0.05, 0.1) is 12.6 Å². The zero-order chi connectivity index (χ0) is 25.3. The third-order valence-corrected chi connectivity index (χ3v) is 5.85. The van der Waals surface area contributed by atoms with Crippen LogP contribution in [0.15, 0.2) is 96.6 Å². The number of hydrogen-bond acceptors (Lipinski definition) is 4. The smallest absolute Gasteiger partial charge is 0.262 e. The molecule has 0 unspecified atom stereocenters. The van der Waals surface area contributed by atoms with Crippen molar-refractivity contribution in [3.63, 3.8) is 0 Å². The van der Waals surface area contributed by atoms with E-state index in [0.29, 0.717) is 30.3 Å². The molecule has 0 spiro atoms. The van der Waals surface area contributed by atoms with Crippen LogP contribution < -0.4 is 14.8 Å². The summed E-state index contributed by atoms with van der Waals surface area (Å²) in [4.78, 5) is 12.7. The topological polar surface area (TPSA) is 71.3 Å². The largest absolute Gasteiger partial charge is 0.490 e. The minimum absolute atomic E-state index is 0.0182. The highest BCUT2D eigenvalue weighted by atomic mass is 16.5. The third kappa shape index (κ3) is 5.92. The second-order valence-electron chi connectivity index (χ2n) is 8.34. The summed E-state index contributed by atoms with van der Waals surface area (Å²) in [6, 6.07) is 31.2. The number of fused-ring (bicyclic) bond motifs is 1. The van der Waals surface area contributed by atoms with E-state index in [0.717, 1.165) is 21.9 Å². The number of nitriles is 1. The number of amides is 1. The van der Waals surface area contributed by atoms with Crippen molar-refractivity contribution in [3.05, 3.63) is 113 Å². The van der Waals surface area contributed by atoms with Crippen LogP contribution in [0, 0.1) is 11.3 Å². The Hall–Kier alpha value is -4.56. The number of carbonyl (C=O) groups is 1. The van der Waals surface area contributed by atoms with E-state index in [9.17, 15) is 10.1 Å². The number of carbonyl (C=O) groups excluding carboxylic acids is 1. The molecule has 0 aliphatic carbocycles. The second-order valence-corrected chi connectivity index (χ2v) is 8.34. The van der Waals surface area contributed by atoms with Crippen LogP contribution in [0.25, 0.3) is 16.8 Å². The molecule has 0 fully saturated rings. The molecule has 0 bridgehead atoms. The molecule has 1 amide bonds. The lowest BCUT2D eigenvalue weighted by atomic mass is 10.1. The van der Waals surface area contributed by atoms with Gasteiger partial charge in [0.1, 0.15) is 18.2 Å². The van der Waals surface area contributed by atoms with Gasteiger partial charge in [0.15, 0.2) is 11.5 Å². The molecule has 36 heavy (non-hydrogen) atoms. The summed E-state index contributed by atoms with van der Waals surface area (Å²) >= 11 is 0. The number of nitrogens with one attached hydrogen (secondary N) is 1. The Morgan fingerprint density at radius 1 is 0.944 bits per heavy atom. The lowest BCUT2D eigenvalue weighted by Crippen LogP contribution is -2.27. The van der Waals surface area contributed by atoms with Crippen LogP contribution in [0.5, 0.6) is 11.5 Å². The van der Waals surface area contributed by atoms with Gasteiger partial charge < -0.3 is 14.8 Å². The first-order chi connectivity index (χ1) is 17.6. The van der Waals surface area contributed by atoms with Gasteiger partial charge in [0, 0.05) is 0 Å². The fourth-order valence-corrected chi connectivity index (χ4v) is 3.99. The van der Waals surface area contributed by atoms with Crippen LogP contribution in [0.3, 0.4) is 0 Å². The predicted molar refractivity (Wildman–Crippen MR) is 142 cm³/mol. The minimum Gasteiger partial charge on any atom is -0.490 e. The molecule has 5 heteroatoms. The van der Waals surface area contributed by atoms with Crippen LogP contribution in [-0.2, 0) is 11.4 Å². The Labute approximate surface area is 211 Å². The molecule has 0 heterocycles. The van der Waals surface area contributed by atoms with Gasteiger partial charge in [0.2, 0.25) is 0 Å². The molecule has 1 N–H and O–H groups in total. The molecule has 1 atom stereocenters. The van der Waals surface area contributed by atoms with E-state index >= 15 is 0 Å². The van der Waals surface area contributed by atoms with Gasteiger partial charge in [-0.3, -0.25) is 4.79 Å². The fourth-order valence-electron chi connectivity index (χ4n) is 3.99. The molecule has 4 aromatic rings. The summed E-state index contributed by atoms with van der Waals surface area (Å²) in [5, 5.41) is 14.8. The molecule has 0 saturated heterocycles. The number of nitrogens with zero attached hydrogens (tertiary/aromatic N) is 1. The number of hydrogen-bond donors (Lipinski definition) is 1. The summed E-state index contributed by atoms with van der Waals surface area (Å²) in [6.45, 7) is 4.63. The zero-order valence-electron chi connectivity index (χ0n) is 20.4. The average Bonchev–Trinajstić information content (AvgIpc) is 2.91. The highest BCUT2D eigenvalue weighted by Gasteiger charge is 2.15. The lowest BCUT2D eigenvalue weighted by molar-refractivity contribution is -0.117. The van der Waals surface area contributed by atoms with Crippen LogP contribution in [-0.4, -0.2) is 12.5 Å². The summed E-state index contributed by atoms with van der Waals surface area (Å²) in [7, 11) is 0. The summed E-state index contributed by atoms with van der Waals surface area (Å²) in [6.07, 6.45) is 1.56. The van der Waals surface area contributed by atoms with Crippen molar-refractivity contribution in [1.29, 1.82) is 5.26 Å². The number of rotatable bonds is 9. The summed E-state index contributed by atoms with van der Waals surface area (Å²) < 4.78 is 11.9. The predicted octanol–water partition coefficient (Wildman–Crippen LogP) is 6.60. The summed E-state index contributed by atoms with van der Waals surface area (Å²) in [5.74, 6) is 0.729. The number of benzene rings is 4. The molecular weight excluding hydrogens is 448 g/mol. The van der Waals surface area contributed by atoms with Crippen LogP contribution in [0.4, 0.5) is 0 Å². The molecular formula is C31H28N2O3. The van der Waals surface area contributed by atoms with Crippen molar-refractivity contribution in [2.75, 3.05) is 6.61 Å². The lowest BCUT2D eigenvalue weighted by Gasteiger charge is -2.15. The van der Waals surface area contributed by atoms with E-state index in [1.807, 2.05) is 80.6 Å². The van der Waals surface area contributed by atoms with E-state index in [-0.39, 0.29) is 11.6 Å². The Bertz CT molecular complexity index is 1420. The van der Waals surface area contributed by atoms with Crippen LogP contribution >= 0.6 is 0 Å². The van der Waals surface area contributed by atoms with E-state index in [2.05, 4.69) is 23.5 Å². The third-order valence-electron chi connectivity index (χ3n) is 5.85. The molecule has 180 valence electrons. The minimum atomic E-state index is -0.428. The standard InChI is InChI=1S/C31H28N2O3/c1-3-35-30-19-23(18-27(20-32)31(34)33-22(2)24-10-5-4-6-11-24)16-17-29(30)36-21-26-14-9-13-25-12-7-8-15-28(25)26/h4-19,22H,3,21H2,1-2H3,(H,33,34)/b27-18+/t22-/m1/s1. The zero-order valence-corrected chi connectivity index (χ0v) is 20.4. The molecule has 5 nitrogen and oxygen atoms in total. The van der Waals surface area contributed by atoms with Crippen molar-refractivity contribution < 1.29 is 14.3 Å². The SMILES string of the molecule is CCOc1cc(/C=C(\C#N)C(=O)N[C@H](C)c2ccccc2)ccc1OCc1cccc2ccccc12. The Balaban J connectivity index is 1.52. The van der Waals surface area contributed by atoms with Crippen molar-refractivity contribution in [2.24, 2.45) is 0 Å². The van der Waals surface area contributed by atoms with E-state index in [4.69, 9.17) is 9.47 Å². The first kappa shape index (κ1) is 24.6. The Morgan fingerprint density at radius 2 is 1.69 bits per heavy atom. The maximum atomic E-state index is 12.7. The maximum absolute atomic E-state index is 12.7. The number of ether oxygens (including phenoxy) is 2. The Morgan fingerprint density at radius 3 is 2.47 bits per heavy atom. The van der Waals surface area contributed by atoms with E-state index in [1.54, 1.807) is 18.2 Å². The van der Waals surface area contributed by atoms with E-state index in [1.165, 1.54) is 0 Å². The molecule has 0 saturated carbocycles. The van der Waals surface area contributed by atoms with Crippen LogP contribution in [0.2, 0.25) is 0 Å². The highest BCUT2D eigenvalue weighted by molar-refractivity contribution is 6.01. The van der Waals surface area contributed by atoms with Crippen molar-refractivity contribution in [2.45, 2.75) is 26.5 Å². The van der Waals surface area contributed by atoms with E-state index < -0.39 is 5.91 Å². The normalized spacial score (nSPS) is 12.0. The van der Waals surface area contributed by atoms with Crippen molar-refractivity contribution in [1.82, 2.24) is 5.32 Å². The first-order valence-corrected chi connectivity index (χ1v) is 11.9. The molecule has 0 radical (unpaired) electrons. The van der Waals surface area contributed by atoms with Crippen molar-refractivity contribution >= 4 is 22.8 Å². The van der Waals surface area contributed by atoms with Gasteiger partial charge in [-0.2, -0.15) is 5.26 Å². The van der Waals surface area contributed by atoms with Gasteiger partial charge >= 0.3 is 0 Å². The molecule has 0 aliphatic rings. The van der Waals surface area contributed by atoms with Gasteiger partial charge in [-0.05, 0) is 59.5 Å². The monoisotopic (exact) mass is 476 g/mol. The average molecular weight is 477 g/mol. The molecule has 4 aromatic carbocycles. The molecule has 0 aromatic heterocycles. The van der Waals surface area contributed by atoms with Gasteiger partial charge in [0.25, 0.3) is 5.91 Å². The van der Waals surface area contributed by atoms with Crippen LogP contribution in [0.1, 0.15) is 36.6 Å². The quantitative estimate of drug-likeness (QED) is 0.218. The second kappa shape index (κ2) is 11.7. The highest BCUT2D eigenvalue weighted by Crippen LogP contribution is 2.31. The maximum Gasteiger partial charge on any atom is 0.262 e. The molecule has 0 aliphatic heterocycles. The fraction of sp³-hybridized carbons (Fsp3) is 0.161. The van der Waals surface area contributed by atoms with Gasteiger partial charge in [-0.15, -0.1) is 0 Å². The molecule has 4 rings (SSSR count). The first-order valence-electron chi connectivity index (χ1n) is 11.9. The van der Waals surface area contributed by atoms with Gasteiger partial charge in [-0.1, -0.05) is 78.9 Å².